The molecule has 7 aromatic rings. The van der Waals surface area contributed by atoms with E-state index >= 15 is 0 Å². The Bertz CT molecular complexity index is 3200. The number of hydrogen-bond donors (Lipinski definition) is 0. The van der Waals surface area contributed by atoms with Crippen molar-refractivity contribution in [2.45, 2.75) is 95.9 Å². The normalized spacial score (nSPS) is 16.8. The zero-order valence-electron chi connectivity index (χ0n) is 42.4. The van der Waals surface area contributed by atoms with Crippen molar-refractivity contribution < 1.29 is 71.1 Å². The molecular weight excluding hydrogens is 989 g/mol. The van der Waals surface area contributed by atoms with Gasteiger partial charge in [0, 0.05) is 12.8 Å². The van der Waals surface area contributed by atoms with Gasteiger partial charge in [0.25, 0.3) is 0 Å². The Labute approximate surface area is 443 Å². The summed E-state index contributed by atoms with van der Waals surface area (Å²) in [5.41, 5.74) is 0.101. The molecule has 0 unspecified atom stereocenters. The third-order valence-corrected chi connectivity index (χ3v) is 12.4. The smallest absolute Gasteiger partial charge is 0.338 e. The molecular formula is C61H56O16. The molecule has 1 saturated heterocycles. The molecule has 2 heterocycles. The van der Waals surface area contributed by atoms with Gasteiger partial charge >= 0.3 is 35.8 Å². The molecule has 1 fully saturated rings. The Morgan fingerprint density at radius 1 is 0.506 bits per heavy atom. The Morgan fingerprint density at radius 2 is 0.987 bits per heavy atom. The van der Waals surface area contributed by atoms with Gasteiger partial charge in [-0.2, -0.15) is 0 Å². The Hall–Kier alpha value is -8.89. The van der Waals surface area contributed by atoms with Crippen molar-refractivity contribution in [2.24, 2.45) is 0 Å². The highest BCUT2D eigenvalue weighted by Gasteiger charge is 2.55. The summed E-state index contributed by atoms with van der Waals surface area (Å²) >= 11 is 0. The van der Waals surface area contributed by atoms with Gasteiger partial charge in [0.2, 0.25) is 23.6 Å². The summed E-state index contributed by atoms with van der Waals surface area (Å²) in [5, 5.41) is -0.0570. The molecule has 8 rings (SSSR count). The van der Waals surface area contributed by atoms with Crippen molar-refractivity contribution in [1.82, 2.24) is 0 Å². The minimum absolute atomic E-state index is 0.0102. The van der Waals surface area contributed by atoms with E-state index in [1.54, 1.807) is 97.1 Å². The number of rotatable bonds is 22. The van der Waals surface area contributed by atoms with E-state index in [2.05, 4.69) is 0 Å². The lowest BCUT2D eigenvalue weighted by atomic mass is 9.97. The Morgan fingerprint density at radius 3 is 1.51 bits per heavy atom. The minimum Gasteiger partial charge on any atom is -0.459 e. The number of carbonyl (C=O) groups excluding carboxylic acids is 6. The van der Waals surface area contributed by atoms with E-state index in [0.717, 1.165) is 25.7 Å². The van der Waals surface area contributed by atoms with Crippen LogP contribution in [0.15, 0.2) is 173 Å². The highest BCUT2D eigenvalue weighted by molar-refractivity contribution is 5.92. The van der Waals surface area contributed by atoms with Crippen LogP contribution in [0.1, 0.15) is 107 Å². The second-order valence-electron chi connectivity index (χ2n) is 18.0. The lowest BCUT2D eigenvalue weighted by molar-refractivity contribution is -0.275. The number of benzene rings is 6. The number of ether oxygens (including phenoxy) is 8. The fourth-order valence-corrected chi connectivity index (χ4v) is 8.38. The van der Waals surface area contributed by atoms with Crippen LogP contribution < -0.4 is 19.6 Å². The van der Waals surface area contributed by atoms with Gasteiger partial charge in [-0.3, -0.25) is 14.4 Å². The van der Waals surface area contributed by atoms with Crippen LogP contribution >= 0.6 is 0 Å². The van der Waals surface area contributed by atoms with Gasteiger partial charge in [0.05, 0.1) is 33.2 Å². The summed E-state index contributed by atoms with van der Waals surface area (Å²) in [6.45, 7) is 3.35. The standard InChI is InChI=1S/C61H56O16/c1-3-5-11-29-49(62)71-44-33-31-39(32-34-44)46-37-69-52-45(51(46)64)35-36-47(72-50(63)30-12-6-4-2)53(52)77-61-56(76-60(68)43-27-19-10-20-28-43)55(75-59(67)42-25-17-9-18-26-42)54(74-58(66)41-23-15-8-16-24-41)48(73-61)38-70-57(65)40-21-13-7-14-22-40/h7-10,13-28,31-37,48,54-56,61H,3-6,11-12,29-30,38H2,1-2H3/t48-,54-,55+,56-,61+/m1/s1. The topological polar surface area (TPSA) is 206 Å². The van der Waals surface area contributed by atoms with E-state index in [1.807, 2.05) is 13.8 Å². The number of unbranched alkanes of at least 4 members (excludes halogenated alkanes) is 4. The summed E-state index contributed by atoms with van der Waals surface area (Å²) in [7, 11) is 0. The molecule has 1 aromatic heterocycles. The second-order valence-corrected chi connectivity index (χ2v) is 18.0. The maximum Gasteiger partial charge on any atom is 0.338 e. The first-order valence-corrected chi connectivity index (χ1v) is 25.4. The van der Waals surface area contributed by atoms with E-state index < -0.39 is 72.6 Å². The van der Waals surface area contributed by atoms with Gasteiger partial charge < -0.3 is 42.3 Å². The van der Waals surface area contributed by atoms with E-state index in [0.29, 0.717) is 18.4 Å². The van der Waals surface area contributed by atoms with E-state index in [4.69, 9.17) is 42.3 Å². The highest BCUT2D eigenvalue weighted by atomic mass is 16.7. The van der Waals surface area contributed by atoms with Crippen LogP contribution in [0.4, 0.5) is 0 Å². The van der Waals surface area contributed by atoms with Crippen molar-refractivity contribution in [3.05, 3.63) is 196 Å². The first-order valence-electron chi connectivity index (χ1n) is 25.4. The van der Waals surface area contributed by atoms with Crippen LogP contribution in [0, 0.1) is 0 Å². The maximum absolute atomic E-state index is 14.6. The number of hydrogen-bond acceptors (Lipinski definition) is 16. The lowest BCUT2D eigenvalue weighted by Gasteiger charge is -2.44. The summed E-state index contributed by atoms with van der Waals surface area (Å²) in [6, 6.07) is 40.7. The Kier molecular flexibility index (Phi) is 18.7. The zero-order chi connectivity index (χ0) is 54.1. The molecule has 77 heavy (non-hydrogen) atoms. The molecule has 0 N–H and O–H groups in total. The monoisotopic (exact) mass is 1040 g/mol. The van der Waals surface area contributed by atoms with Crippen LogP contribution in [-0.4, -0.2) is 73.1 Å². The molecule has 16 heteroatoms. The third kappa shape index (κ3) is 14.1. The average Bonchev–Trinajstić information content (AvgIpc) is 3.49. The molecule has 0 bridgehead atoms. The highest BCUT2D eigenvalue weighted by Crippen LogP contribution is 2.40. The van der Waals surface area contributed by atoms with Gasteiger partial charge in [-0.05, 0) is 91.2 Å². The molecule has 0 amide bonds. The SMILES string of the molecule is CCCCCC(=O)Oc1ccc(-c2coc3c(O[C@@H]4O[C@H](COC(=O)c5ccccc5)[C@@H](OC(=O)c5ccccc5)[C@H](OC(=O)c5ccccc5)[C@H]4OC(=O)c4ccccc4)c(OC(=O)CCCCC)ccc3c2=O)cc1. The van der Waals surface area contributed by atoms with Crippen molar-refractivity contribution in [2.75, 3.05) is 6.61 Å². The lowest BCUT2D eigenvalue weighted by Crippen LogP contribution is -2.64. The van der Waals surface area contributed by atoms with Crippen LogP contribution in [0.3, 0.4) is 0 Å². The van der Waals surface area contributed by atoms with Crippen LogP contribution in [0.2, 0.25) is 0 Å². The van der Waals surface area contributed by atoms with Crippen molar-refractivity contribution >= 4 is 46.8 Å². The van der Waals surface area contributed by atoms with E-state index in [-0.39, 0.29) is 74.8 Å². The fourth-order valence-electron chi connectivity index (χ4n) is 8.38. The molecule has 5 atom stereocenters. The quantitative estimate of drug-likeness (QED) is 0.0268. The summed E-state index contributed by atoms with van der Waals surface area (Å²) < 4.78 is 55.5. The molecule has 0 saturated carbocycles. The van der Waals surface area contributed by atoms with Gasteiger partial charge in [0.15, 0.2) is 23.5 Å². The van der Waals surface area contributed by atoms with Crippen LogP contribution in [0.5, 0.6) is 17.2 Å². The Balaban J connectivity index is 1.25. The molecule has 1 aliphatic heterocycles. The maximum atomic E-state index is 14.6. The number of esters is 6. The molecule has 396 valence electrons. The van der Waals surface area contributed by atoms with Crippen LogP contribution in [0.25, 0.3) is 22.1 Å². The molecule has 1 aliphatic rings. The third-order valence-electron chi connectivity index (χ3n) is 12.4. The van der Waals surface area contributed by atoms with Gasteiger partial charge in [-0.25, -0.2) is 19.2 Å². The summed E-state index contributed by atoms with van der Waals surface area (Å²) in [5.74, 6) is -4.96. The molecule has 6 aromatic carbocycles. The fraction of sp³-hybridized carbons (Fsp3) is 0.262. The van der Waals surface area contributed by atoms with Crippen molar-refractivity contribution in [3.8, 4) is 28.4 Å². The van der Waals surface area contributed by atoms with Gasteiger partial charge in [0.1, 0.15) is 24.7 Å². The average molecular weight is 1050 g/mol. The summed E-state index contributed by atoms with van der Waals surface area (Å²) in [4.78, 5) is 96.9. The summed E-state index contributed by atoms with van der Waals surface area (Å²) in [6.07, 6.45) is -2.82. The molecule has 0 aliphatic carbocycles. The van der Waals surface area contributed by atoms with Gasteiger partial charge in [-0.15, -0.1) is 0 Å². The predicted molar refractivity (Wildman–Crippen MR) is 280 cm³/mol. The number of carbonyl (C=O) groups is 6. The zero-order valence-corrected chi connectivity index (χ0v) is 42.4. The van der Waals surface area contributed by atoms with Crippen molar-refractivity contribution in [1.29, 1.82) is 0 Å². The minimum atomic E-state index is -1.92. The van der Waals surface area contributed by atoms with Crippen LogP contribution in [-0.2, 0) is 33.3 Å². The van der Waals surface area contributed by atoms with Gasteiger partial charge in [-0.1, -0.05) is 124 Å². The van der Waals surface area contributed by atoms with E-state index in [1.165, 1.54) is 66.9 Å². The molecule has 0 spiro atoms. The first-order chi connectivity index (χ1) is 37.5. The van der Waals surface area contributed by atoms with E-state index in [9.17, 15) is 33.6 Å². The molecule has 16 nitrogen and oxygen atoms in total. The second kappa shape index (κ2) is 26.5. The predicted octanol–water partition coefficient (Wildman–Crippen LogP) is 11.1. The molecule has 0 radical (unpaired) electrons. The first kappa shape index (κ1) is 54.4. The largest absolute Gasteiger partial charge is 0.459 e. The van der Waals surface area contributed by atoms with Crippen molar-refractivity contribution in [3.63, 3.8) is 0 Å². The number of fused-ring (bicyclic) bond motifs is 1.